The van der Waals surface area contributed by atoms with E-state index in [0.717, 1.165) is 0 Å². The maximum absolute atomic E-state index is 10.9. The van der Waals surface area contributed by atoms with Gasteiger partial charge in [-0.25, -0.2) is 4.79 Å². The van der Waals surface area contributed by atoms with Gasteiger partial charge in [-0.15, -0.1) is 0 Å². The molecule has 0 aromatic rings. The summed E-state index contributed by atoms with van der Waals surface area (Å²) in [5, 5.41) is 8.27. The van der Waals surface area contributed by atoms with Crippen LogP contribution in [0.1, 0.15) is 20.8 Å². The van der Waals surface area contributed by atoms with Gasteiger partial charge in [0.25, 0.3) is 0 Å². The van der Waals surface area contributed by atoms with Crippen LogP contribution in [0.4, 0.5) is 0 Å². The second-order valence-electron chi connectivity index (χ2n) is 3.29. The van der Waals surface area contributed by atoms with Crippen molar-refractivity contribution in [3.63, 3.8) is 0 Å². The molecule has 0 unspecified atom stereocenters. The molecule has 0 amide bonds. The Bertz CT molecular complexity index is 165. The fraction of sp³-hybridized carbons (Fsp3) is 0.625. The van der Waals surface area contributed by atoms with E-state index in [0.29, 0.717) is 5.57 Å². The molecule has 0 fully saturated rings. The van der Waals surface area contributed by atoms with Crippen molar-refractivity contribution in [2.75, 3.05) is 6.79 Å². The Morgan fingerprint density at radius 1 is 1.55 bits per heavy atom. The summed E-state index contributed by atoms with van der Waals surface area (Å²) in [6.45, 7) is 8.53. The first-order valence-electron chi connectivity index (χ1n) is 3.37. The third kappa shape index (κ3) is 3.18. The van der Waals surface area contributed by atoms with Crippen LogP contribution in [0.25, 0.3) is 0 Å². The third-order valence-electron chi connectivity index (χ3n) is 1.35. The van der Waals surface area contributed by atoms with Crippen LogP contribution in [0.5, 0.6) is 0 Å². The number of hydrogen-bond acceptors (Lipinski definition) is 3. The van der Waals surface area contributed by atoms with E-state index in [2.05, 4.69) is 11.3 Å². The first-order chi connectivity index (χ1) is 4.89. The lowest BCUT2D eigenvalue weighted by atomic mass is 9.88. The van der Waals surface area contributed by atoms with E-state index < -0.39 is 12.8 Å². The molecule has 0 atom stereocenters. The lowest BCUT2D eigenvalue weighted by Crippen LogP contribution is -2.19. The highest BCUT2D eigenvalue weighted by Crippen LogP contribution is 2.23. The van der Waals surface area contributed by atoms with Crippen molar-refractivity contribution in [3.05, 3.63) is 12.2 Å². The van der Waals surface area contributed by atoms with Crippen LogP contribution in [0.2, 0.25) is 0 Å². The van der Waals surface area contributed by atoms with Gasteiger partial charge in [0.15, 0.2) is 6.79 Å². The van der Waals surface area contributed by atoms with E-state index in [1.807, 2.05) is 20.8 Å². The van der Waals surface area contributed by atoms with Crippen LogP contribution in [-0.4, -0.2) is 17.9 Å². The predicted octanol–water partition coefficient (Wildman–Crippen LogP) is 1.08. The van der Waals surface area contributed by atoms with Gasteiger partial charge in [-0.2, -0.15) is 0 Å². The van der Waals surface area contributed by atoms with Gasteiger partial charge in [0.05, 0.1) is 0 Å². The van der Waals surface area contributed by atoms with E-state index in [-0.39, 0.29) is 5.41 Å². The highest BCUT2D eigenvalue weighted by Gasteiger charge is 2.22. The molecule has 1 N–H and O–H groups in total. The molecular weight excluding hydrogens is 144 g/mol. The van der Waals surface area contributed by atoms with E-state index in [9.17, 15) is 4.79 Å². The molecule has 0 heterocycles. The molecule has 0 saturated heterocycles. The largest absolute Gasteiger partial charge is 0.435 e. The summed E-state index contributed by atoms with van der Waals surface area (Å²) >= 11 is 0. The summed E-state index contributed by atoms with van der Waals surface area (Å²) in [6, 6.07) is 0. The van der Waals surface area contributed by atoms with Crippen molar-refractivity contribution < 1.29 is 14.6 Å². The summed E-state index contributed by atoms with van der Waals surface area (Å²) < 4.78 is 4.35. The van der Waals surface area contributed by atoms with E-state index >= 15 is 0 Å². The lowest BCUT2D eigenvalue weighted by molar-refractivity contribution is -0.148. The van der Waals surface area contributed by atoms with Crippen molar-refractivity contribution >= 4 is 5.97 Å². The number of ether oxygens (including phenoxy) is 1. The molecule has 0 aliphatic carbocycles. The van der Waals surface area contributed by atoms with Gasteiger partial charge in [0.2, 0.25) is 0 Å². The fourth-order valence-electron chi connectivity index (χ4n) is 0.452. The molecule has 0 saturated carbocycles. The smallest absolute Gasteiger partial charge is 0.336 e. The second kappa shape index (κ2) is 3.53. The first-order valence-corrected chi connectivity index (χ1v) is 3.37. The minimum atomic E-state index is -0.589. The number of aliphatic hydroxyl groups excluding tert-OH is 1. The van der Waals surface area contributed by atoms with Crippen LogP contribution in [0.15, 0.2) is 12.2 Å². The molecule has 0 radical (unpaired) electrons. The summed E-state index contributed by atoms with van der Waals surface area (Å²) in [4.78, 5) is 10.9. The fourth-order valence-corrected chi connectivity index (χ4v) is 0.452. The molecule has 11 heavy (non-hydrogen) atoms. The zero-order valence-electron chi connectivity index (χ0n) is 7.18. The Hall–Kier alpha value is -0.830. The standard InChI is InChI=1S/C8H14O3/c1-6(8(2,3)4)7(10)11-5-9/h9H,1,5H2,2-4H3. The van der Waals surface area contributed by atoms with Gasteiger partial charge in [0.1, 0.15) is 0 Å². The molecule has 0 aliphatic heterocycles. The van der Waals surface area contributed by atoms with Crippen LogP contribution >= 0.6 is 0 Å². The van der Waals surface area contributed by atoms with Gasteiger partial charge < -0.3 is 9.84 Å². The molecule has 0 bridgehead atoms. The lowest BCUT2D eigenvalue weighted by Gasteiger charge is -2.19. The van der Waals surface area contributed by atoms with Gasteiger partial charge in [0, 0.05) is 5.57 Å². The number of esters is 1. The highest BCUT2D eigenvalue weighted by atomic mass is 16.6. The van der Waals surface area contributed by atoms with Crippen molar-refractivity contribution in [3.8, 4) is 0 Å². The molecule has 3 heteroatoms. The average Bonchev–Trinajstić information content (AvgIpc) is 1.85. The minimum Gasteiger partial charge on any atom is -0.435 e. The summed E-state index contributed by atoms with van der Waals surface area (Å²) in [5.74, 6) is -0.542. The third-order valence-corrected chi connectivity index (χ3v) is 1.35. The molecule has 0 aromatic carbocycles. The van der Waals surface area contributed by atoms with E-state index in [1.165, 1.54) is 0 Å². The van der Waals surface area contributed by atoms with Crippen LogP contribution in [-0.2, 0) is 9.53 Å². The maximum atomic E-state index is 10.9. The zero-order valence-corrected chi connectivity index (χ0v) is 7.18. The van der Waals surface area contributed by atoms with Crippen molar-refractivity contribution in [1.82, 2.24) is 0 Å². The average molecular weight is 158 g/mol. The number of hydrogen-bond donors (Lipinski definition) is 1. The van der Waals surface area contributed by atoms with Gasteiger partial charge in [-0.3, -0.25) is 0 Å². The van der Waals surface area contributed by atoms with Gasteiger partial charge >= 0.3 is 5.97 Å². The molecule has 0 rings (SSSR count). The summed E-state index contributed by atoms with van der Waals surface area (Å²) in [5.41, 5.74) is 0.0678. The zero-order chi connectivity index (χ0) is 9.07. The van der Waals surface area contributed by atoms with Crippen molar-refractivity contribution in [2.24, 2.45) is 5.41 Å². The van der Waals surface area contributed by atoms with Crippen LogP contribution in [0, 0.1) is 5.41 Å². The maximum Gasteiger partial charge on any atom is 0.336 e. The Balaban J connectivity index is 4.15. The number of carbonyl (C=O) groups excluding carboxylic acids is 1. The van der Waals surface area contributed by atoms with E-state index in [1.54, 1.807) is 0 Å². The normalized spacial score (nSPS) is 10.9. The second-order valence-corrected chi connectivity index (χ2v) is 3.29. The Morgan fingerprint density at radius 2 is 2.00 bits per heavy atom. The van der Waals surface area contributed by atoms with Gasteiger partial charge in [-0.1, -0.05) is 27.4 Å². The quantitative estimate of drug-likeness (QED) is 0.371. The molecule has 64 valence electrons. The number of rotatable bonds is 2. The SMILES string of the molecule is C=C(C(=O)OCO)C(C)(C)C. The van der Waals surface area contributed by atoms with E-state index in [4.69, 9.17) is 5.11 Å². The van der Waals surface area contributed by atoms with Crippen LogP contribution in [0.3, 0.4) is 0 Å². The monoisotopic (exact) mass is 158 g/mol. The number of aliphatic hydroxyl groups is 1. The van der Waals surface area contributed by atoms with Crippen LogP contribution < -0.4 is 0 Å². The highest BCUT2D eigenvalue weighted by molar-refractivity contribution is 5.88. The van der Waals surface area contributed by atoms with Gasteiger partial charge in [-0.05, 0) is 5.41 Å². The first kappa shape index (κ1) is 10.2. The van der Waals surface area contributed by atoms with Crippen molar-refractivity contribution in [2.45, 2.75) is 20.8 Å². The Morgan fingerprint density at radius 3 is 2.27 bits per heavy atom. The topological polar surface area (TPSA) is 46.5 Å². The Labute approximate surface area is 66.7 Å². The molecule has 0 spiro atoms. The molecule has 0 aromatic heterocycles. The summed E-state index contributed by atoms with van der Waals surface area (Å²) in [7, 11) is 0. The molecule has 3 nitrogen and oxygen atoms in total. The molecular formula is C8H14O3. The van der Waals surface area contributed by atoms with Crippen molar-refractivity contribution in [1.29, 1.82) is 0 Å². The Kier molecular flexibility index (Phi) is 3.26. The summed E-state index contributed by atoms with van der Waals surface area (Å²) in [6.07, 6.45) is 0. The number of carbonyl (C=O) groups is 1. The molecule has 0 aliphatic rings. The minimum absolute atomic E-state index is 0.299. The predicted molar refractivity (Wildman–Crippen MR) is 41.8 cm³/mol.